The van der Waals surface area contributed by atoms with Crippen molar-refractivity contribution in [2.45, 2.75) is 6.54 Å². The largest absolute Gasteiger partial charge is 0.497 e. The second kappa shape index (κ2) is 12.2. The topological polar surface area (TPSA) is 79.7 Å². The molecule has 0 radical (unpaired) electrons. The number of hydrogen-bond donors (Lipinski definition) is 3. The molecule has 0 aliphatic heterocycles. The number of rotatable bonds is 8. The number of amides is 1. The van der Waals surface area contributed by atoms with E-state index in [1.165, 1.54) is 0 Å². The molecule has 0 aliphatic carbocycles. The lowest BCUT2D eigenvalue weighted by Gasteiger charge is -2.13. The van der Waals surface area contributed by atoms with Crippen LogP contribution in [0.25, 0.3) is 0 Å². The molecule has 2 aromatic rings. The third-order valence-corrected chi connectivity index (χ3v) is 3.59. The summed E-state index contributed by atoms with van der Waals surface area (Å²) in [4.78, 5) is 16.2. The van der Waals surface area contributed by atoms with Gasteiger partial charge in [0, 0.05) is 51.2 Å². The van der Waals surface area contributed by atoms with E-state index in [0.717, 1.165) is 13.1 Å². The zero-order chi connectivity index (χ0) is 17.9. The van der Waals surface area contributed by atoms with Gasteiger partial charge in [0.25, 0.3) is 5.91 Å². The maximum atomic E-state index is 12.1. The number of carbonyl (C=O) groups is 1. The minimum Gasteiger partial charge on any atom is -0.497 e. The van der Waals surface area contributed by atoms with Crippen LogP contribution < -0.4 is 20.7 Å². The molecule has 1 heterocycles. The molecule has 0 spiro atoms. The number of hydrogen-bond acceptors (Lipinski definition) is 3. The SMILES string of the molecule is CN=C(NCCNC(=O)c1cccc(OC)c1)NCCn1cccc1.I. The summed E-state index contributed by atoms with van der Waals surface area (Å²) in [5, 5.41) is 9.26. The van der Waals surface area contributed by atoms with Gasteiger partial charge in [0.05, 0.1) is 7.11 Å². The molecular formula is C18H26IN5O2. The van der Waals surface area contributed by atoms with Gasteiger partial charge in [0.1, 0.15) is 5.75 Å². The second-order valence-corrected chi connectivity index (χ2v) is 5.33. The van der Waals surface area contributed by atoms with Gasteiger partial charge in [-0.3, -0.25) is 9.79 Å². The highest BCUT2D eigenvalue weighted by molar-refractivity contribution is 14.0. The van der Waals surface area contributed by atoms with Crippen LogP contribution in [-0.2, 0) is 6.54 Å². The number of nitrogens with one attached hydrogen (secondary N) is 3. The van der Waals surface area contributed by atoms with E-state index in [9.17, 15) is 4.79 Å². The highest BCUT2D eigenvalue weighted by atomic mass is 127. The number of methoxy groups -OCH3 is 1. The van der Waals surface area contributed by atoms with E-state index < -0.39 is 0 Å². The zero-order valence-electron chi connectivity index (χ0n) is 15.1. The van der Waals surface area contributed by atoms with E-state index in [4.69, 9.17) is 4.74 Å². The van der Waals surface area contributed by atoms with Gasteiger partial charge in [-0.2, -0.15) is 0 Å². The fourth-order valence-corrected chi connectivity index (χ4v) is 2.27. The minimum absolute atomic E-state index is 0. The van der Waals surface area contributed by atoms with E-state index in [2.05, 4.69) is 25.5 Å². The van der Waals surface area contributed by atoms with Gasteiger partial charge in [0.15, 0.2) is 5.96 Å². The van der Waals surface area contributed by atoms with Crippen molar-refractivity contribution < 1.29 is 9.53 Å². The molecule has 0 bridgehead atoms. The smallest absolute Gasteiger partial charge is 0.251 e. The monoisotopic (exact) mass is 471 g/mol. The Kier molecular flexibility index (Phi) is 10.2. The first-order valence-electron chi connectivity index (χ1n) is 8.20. The van der Waals surface area contributed by atoms with Crippen molar-refractivity contribution in [3.8, 4) is 5.75 Å². The lowest BCUT2D eigenvalue weighted by atomic mass is 10.2. The number of halogens is 1. The summed E-state index contributed by atoms with van der Waals surface area (Å²) < 4.78 is 7.21. The van der Waals surface area contributed by atoms with Crippen molar-refractivity contribution in [1.29, 1.82) is 0 Å². The van der Waals surface area contributed by atoms with Crippen LogP contribution in [0.15, 0.2) is 53.8 Å². The summed E-state index contributed by atoms with van der Waals surface area (Å²) in [6.45, 7) is 2.71. The first-order valence-corrected chi connectivity index (χ1v) is 8.20. The molecular weight excluding hydrogens is 445 g/mol. The highest BCUT2D eigenvalue weighted by Gasteiger charge is 2.05. The molecule has 0 fully saturated rings. The predicted octanol–water partition coefficient (Wildman–Crippen LogP) is 1.71. The van der Waals surface area contributed by atoms with E-state index in [1.54, 1.807) is 32.4 Å². The first kappa shape index (κ1) is 21.8. The standard InChI is InChI=1S/C18H25N5O2.HI/c1-19-18(22-10-13-23-11-3-4-12-23)21-9-8-20-17(24)15-6-5-7-16(14-15)25-2;/h3-7,11-12,14H,8-10,13H2,1-2H3,(H,20,24)(H2,19,21,22);1H. The molecule has 0 unspecified atom stereocenters. The zero-order valence-corrected chi connectivity index (χ0v) is 17.4. The summed E-state index contributed by atoms with van der Waals surface area (Å²) in [5.41, 5.74) is 0.577. The van der Waals surface area contributed by atoms with Crippen molar-refractivity contribution in [1.82, 2.24) is 20.5 Å². The third-order valence-electron chi connectivity index (χ3n) is 3.59. The molecule has 8 heteroatoms. The normalized spacial score (nSPS) is 10.6. The molecule has 0 saturated heterocycles. The maximum Gasteiger partial charge on any atom is 0.251 e. The van der Waals surface area contributed by atoms with Crippen LogP contribution in [0.3, 0.4) is 0 Å². The Bertz CT molecular complexity index is 689. The first-order chi connectivity index (χ1) is 12.2. The molecule has 0 aliphatic rings. The van der Waals surface area contributed by atoms with Crippen LogP contribution in [0.4, 0.5) is 0 Å². The summed E-state index contributed by atoms with van der Waals surface area (Å²) in [5.74, 6) is 1.25. The minimum atomic E-state index is -0.128. The average molecular weight is 471 g/mol. The molecule has 2 rings (SSSR count). The predicted molar refractivity (Wildman–Crippen MR) is 115 cm³/mol. The lowest BCUT2D eigenvalue weighted by molar-refractivity contribution is 0.0954. The molecule has 0 saturated carbocycles. The molecule has 0 atom stereocenters. The molecule has 1 amide bonds. The quantitative estimate of drug-likeness (QED) is 0.237. The molecule has 142 valence electrons. The lowest BCUT2D eigenvalue weighted by Crippen LogP contribution is -2.42. The Morgan fingerprint density at radius 1 is 1.08 bits per heavy atom. The van der Waals surface area contributed by atoms with Gasteiger partial charge in [-0.25, -0.2) is 0 Å². The average Bonchev–Trinajstić information content (AvgIpc) is 3.17. The highest BCUT2D eigenvalue weighted by Crippen LogP contribution is 2.12. The van der Waals surface area contributed by atoms with Crippen molar-refractivity contribution >= 4 is 35.8 Å². The van der Waals surface area contributed by atoms with Crippen molar-refractivity contribution in [2.75, 3.05) is 33.8 Å². The van der Waals surface area contributed by atoms with Crippen molar-refractivity contribution in [2.24, 2.45) is 4.99 Å². The summed E-state index contributed by atoms with van der Waals surface area (Å²) >= 11 is 0. The van der Waals surface area contributed by atoms with Gasteiger partial charge in [-0.1, -0.05) is 6.07 Å². The maximum absolute atomic E-state index is 12.1. The Labute approximate surface area is 171 Å². The Morgan fingerprint density at radius 3 is 2.46 bits per heavy atom. The summed E-state index contributed by atoms with van der Waals surface area (Å²) in [7, 11) is 3.30. The van der Waals surface area contributed by atoms with E-state index >= 15 is 0 Å². The number of guanidine groups is 1. The number of aromatic nitrogens is 1. The molecule has 7 nitrogen and oxygen atoms in total. The molecule has 3 N–H and O–H groups in total. The van der Waals surface area contributed by atoms with Crippen LogP contribution in [0.5, 0.6) is 5.75 Å². The number of benzene rings is 1. The summed E-state index contributed by atoms with van der Waals surface area (Å²) in [6.07, 6.45) is 4.04. The molecule has 1 aromatic carbocycles. The van der Waals surface area contributed by atoms with E-state index in [1.807, 2.05) is 30.6 Å². The van der Waals surface area contributed by atoms with E-state index in [-0.39, 0.29) is 29.9 Å². The Hall–Kier alpha value is -2.23. The fourth-order valence-electron chi connectivity index (χ4n) is 2.27. The van der Waals surface area contributed by atoms with Crippen LogP contribution in [0, 0.1) is 0 Å². The molecule has 1 aromatic heterocycles. The Balaban J connectivity index is 0.00000338. The second-order valence-electron chi connectivity index (χ2n) is 5.33. The van der Waals surface area contributed by atoms with Gasteiger partial charge in [-0.15, -0.1) is 24.0 Å². The van der Waals surface area contributed by atoms with Crippen LogP contribution in [0.1, 0.15) is 10.4 Å². The van der Waals surface area contributed by atoms with Gasteiger partial charge >= 0.3 is 0 Å². The van der Waals surface area contributed by atoms with Gasteiger partial charge in [-0.05, 0) is 30.3 Å². The van der Waals surface area contributed by atoms with Crippen LogP contribution >= 0.6 is 24.0 Å². The van der Waals surface area contributed by atoms with Gasteiger partial charge in [0.2, 0.25) is 0 Å². The van der Waals surface area contributed by atoms with E-state index in [0.29, 0.717) is 30.4 Å². The van der Waals surface area contributed by atoms with Crippen LogP contribution in [-0.4, -0.2) is 50.2 Å². The molecule has 26 heavy (non-hydrogen) atoms. The number of carbonyl (C=O) groups excluding carboxylic acids is 1. The summed E-state index contributed by atoms with van der Waals surface area (Å²) in [6, 6.07) is 11.1. The fraction of sp³-hybridized carbons (Fsp3) is 0.333. The van der Waals surface area contributed by atoms with Gasteiger partial charge < -0.3 is 25.3 Å². The number of ether oxygens (including phenoxy) is 1. The number of aliphatic imine (C=N–C) groups is 1. The van der Waals surface area contributed by atoms with Crippen molar-refractivity contribution in [3.63, 3.8) is 0 Å². The van der Waals surface area contributed by atoms with Crippen LogP contribution in [0.2, 0.25) is 0 Å². The Morgan fingerprint density at radius 2 is 1.77 bits per heavy atom. The van der Waals surface area contributed by atoms with Crippen molar-refractivity contribution in [3.05, 3.63) is 54.4 Å². The number of nitrogens with zero attached hydrogens (tertiary/aromatic N) is 2. The third kappa shape index (κ3) is 7.34.